The summed E-state index contributed by atoms with van der Waals surface area (Å²) in [6.07, 6.45) is 1.80. The summed E-state index contributed by atoms with van der Waals surface area (Å²) < 4.78 is 5.82. The third-order valence-electron chi connectivity index (χ3n) is 5.90. The van der Waals surface area contributed by atoms with Gasteiger partial charge in [-0.3, -0.25) is 14.8 Å². The minimum atomic E-state index is -0.0991. The maximum Gasteiger partial charge on any atom is 0.272 e. The van der Waals surface area contributed by atoms with Crippen LogP contribution in [0.3, 0.4) is 0 Å². The number of fused-ring (bicyclic) bond motifs is 3. The van der Waals surface area contributed by atoms with E-state index >= 15 is 0 Å². The number of para-hydroxylation sites is 1. The summed E-state index contributed by atoms with van der Waals surface area (Å²) in [5.41, 5.74) is 2.68. The van der Waals surface area contributed by atoms with Crippen molar-refractivity contribution in [2.24, 2.45) is 0 Å². The molecule has 2 aromatic carbocycles. The molecule has 2 aliphatic heterocycles. The summed E-state index contributed by atoms with van der Waals surface area (Å²) in [6.45, 7) is 2.38. The lowest BCUT2D eigenvalue weighted by Crippen LogP contribution is -2.60. The van der Waals surface area contributed by atoms with E-state index in [1.165, 1.54) is 5.56 Å². The number of carbonyl (C=O) groups excluding carboxylic acids is 1. The molecule has 144 valence electrons. The van der Waals surface area contributed by atoms with Crippen LogP contribution in [-0.4, -0.2) is 52.3 Å². The van der Waals surface area contributed by atoms with E-state index in [4.69, 9.17) is 4.74 Å². The Balaban J connectivity index is 1.29. The third-order valence-corrected chi connectivity index (χ3v) is 5.90. The lowest BCUT2D eigenvalue weighted by molar-refractivity contribution is -0.0843. The molecule has 2 unspecified atom stereocenters. The number of aromatic amines is 1. The molecule has 6 nitrogen and oxygen atoms in total. The average Bonchev–Trinajstić information content (AvgIpc) is 3.14. The fraction of sp³-hybridized carbons (Fsp3) is 0.364. The van der Waals surface area contributed by atoms with Crippen molar-refractivity contribution in [2.45, 2.75) is 37.5 Å². The highest BCUT2D eigenvalue weighted by molar-refractivity contribution is 6.04. The first-order valence-electron chi connectivity index (χ1n) is 9.89. The number of piperidine rings is 1. The number of hydrogen-bond donors (Lipinski definition) is 2. The van der Waals surface area contributed by atoms with Crippen molar-refractivity contribution < 1.29 is 9.53 Å². The maximum absolute atomic E-state index is 12.8. The van der Waals surface area contributed by atoms with Crippen molar-refractivity contribution in [1.29, 1.82) is 0 Å². The molecule has 0 spiro atoms. The Bertz CT molecular complexity index is 957. The largest absolute Gasteiger partial charge is 0.378 e. The molecule has 2 aliphatic rings. The molecule has 1 amide bonds. The van der Waals surface area contributed by atoms with Crippen LogP contribution in [0, 0.1) is 0 Å². The van der Waals surface area contributed by atoms with Gasteiger partial charge in [0.15, 0.2) is 5.69 Å². The number of nitrogens with one attached hydrogen (secondary N) is 2. The van der Waals surface area contributed by atoms with E-state index < -0.39 is 0 Å². The van der Waals surface area contributed by atoms with Gasteiger partial charge in [0.1, 0.15) is 0 Å². The second-order valence-corrected chi connectivity index (χ2v) is 7.76. The normalized spacial score (nSPS) is 24.9. The van der Waals surface area contributed by atoms with E-state index in [0.29, 0.717) is 17.8 Å². The number of aromatic nitrogens is 2. The van der Waals surface area contributed by atoms with Crippen LogP contribution < -0.4 is 5.32 Å². The minimum absolute atomic E-state index is 0.0991. The average molecular weight is 376 g/mol. The molecule has 5 rings (SSSR count). The number of rotatable bonds is 4. The van der Waals surface area contributed by atoms with Crippen LogP contribution in [0.25, 0.3) is 10.9 Å². The number of morpholine rings is 1. The molecular formula is C22H24N4O2. The molecule has 3 heterocycles. The molecule has 1 aromatic heterocycles. The van der Waals surface area contributed by atoms with Gasteiger partial charge in [0.25, 0.3) is 5.91 Å². The van der Waals surface area contributed by atoms with Gasteiger partial charge in [-0.05, 0) is 24.5 Å². The van der Waals surface area contributed by atoms with E-state index in [2.05, 4.69) is 44.7 Å². The standard InChI is InChI=1S/C22H24N4O2/c27-22(21-19-8-4-5-9-20(19)24-25-21)23-16-10-17-13-28-14-18(11-16)26(17)12-15-6-2-1-3-7-15/h1-9,16-18H,10-14H2,(H,23,27)(H,24,25). The van der Waals surface area contributed by atoms with Crippen LogP contribution in [0.5, 0.6) is 0 Å². The summed E-state index contributed by atoms with van der Waals surface area (Å²) in [5.74, 6) is -0.0991. The van der Waals surface area contributed by atoms with E-state index in [1.54, 1.807) is 0 Å². The van der Waals surface area contributed by atoms with Crippen LogP contribution in [-0.2, 0) is 11.3 Å². The Kier molecular flexibility index (Phi) is 4.58. The van der Waals surface area contributed by atoms with E-state index in [1.807, 2.05) is 30.3 Å². The molecule has 2 fully saturated rings. The molecule has 2 N–H and O–H groups in total. The van der Waals surface area contributed by atoms with Crippen LogP contribution in [0.1, 0.15) is 28.9 Å². The summed E-state index contributed by atoms with van der Waals surface area (Å²) in [4.78, 5) is 15.4. The number of hydrogen-bond acceptors (Lipinski definition) is 4. The molecule has 0 aliphatic carbocycles. The molecule has 2 saturated heterocycles. The van der Waals surface area contributed by atoms with Crippen LogP contribution >= 0.6 is 0 Å². The van der Waals surface area contributed by atoms with Gasteiger partial charge in [-0.1, -0.05) is 48.5 Å². The summed E-state index contributed by atoms with van der Waals surface area (Å²) in [6, 6.07) is 19.1. The second kappa shape index (κ2) is 7.37. The number of ether oxygens (including phenoxy) is 1. The number of amides is 1. The molecule has 2 atom stereocenters. The van der Waals surface area contributed by atoms with E-state index in [-0.39, 0.29) is 11.9 Å². The van der Waals surface area contributed by atoms with Gasteiger partial charge >= 0.3 is 0 Å². The van der Waals surface area contributed by atoms with Crippen molar-refractivity contribution in [1.82, 2.24) is 20.4 Å². The zero-order valence-corrected chi connectivity index (χ0v) is 15.7. The van der Waals surface area contributed by atoms with E-state index in [9.17, 15) is 4.79 Å². The smallest absolute Gasteiger partial charge is 0.272 e. The SMILES string of the molecule is O=C(NC1CC2COCC(C1)N2Cc1ccccc1)c1n[nH]c2ccccc12. The Morgan fingerprint density at radius 3 is 2.57 bits per heavy atom. The number of nitrogens with zero attached hydrogens (tertiary/aromatic N) is 2. The Morgan fingerprint density at radius 2 is 1.79 bits per heavy atom. The van der Waals surface area contributed by atoms with Crippen molar-refractivity contribution in [3.8, 4) is 0 Å². The van der Waals surface area contributed by atoms with Gasteiger partial charge in [0, 0.05) is 30.1 Å². The summed E-state index contributed by atoms with van der Waals surface area (Å²) in [7, 11) is 0. The maximum atomic E-state index is 12.8. The van der Waals surface area contributed by atoms with Crippen LogP contribution in [0.2, 0.25) is 0 Å². The van der Waals surface area contributed by atoms with Crippen molar-refractivity contribution in [2.75, 3.05) is 13.2 Å². The zero-order chi connectivity index (χ0) is 18.9. The van der Waals surface area contributed by atoms with Gasteiger partial charge in [-0.15, -0.1) is 0 Å². The quantitative estimate of drug-likeness (QED) is 0.735. The second-order valence-electron chi connectivity index (χ2n) is 7.76. The fourth-order valence-electron chi connectivity index (χ4n) is 4.55. The predicted molar refractivity (Wildman–Crippen MR) is 107 cm³/mol. The van der Waals surface area contributed by atoms with E-state index in [0.717, 1.165) is 43.5 Å². The van der Waals surface area contributed by atoms with Crippen molar-refractivity contribution in [3.63, 3.8) is 0 Å². The van der Waals surface area contributed by atoms with Gasteiger partial charge in [0.2, 0.25) is 0 Å². The Hall–Kier alpha value is -2.70. The number of benzene rings is 2. The molecule has 6 heteroatoms. The topological polar surface area (TPSA) is 70.2 Å². The predicted octanol–water partition coefficient (Wildman–Crippen LogP) is 2.72. The van der Waals surface area contributed by atoms with Crippen LogP contribution in [0.15, 0.2) is 54.6 Å². The number of carbonyl (C=O) groups is 1. The molecule has 28 heavy (non-hydrogen) atoms. The first-order chi connectivity index (χ1) is 13.8. The van der Waals surface area contributed by atoms with Crippen LogP contribution in [0.4, 0.5) is 0 Å². The van der Waals surface area contributed by atoms with Crippen molar-refractivity contribution >= 4 is 16.8 Å². The van der Waals surface area contributed by atoms with Gasteiger partial charge in [-0.2, -0.15) is 5.10 Å². The minimum Gasteiger partial charge on any atom is -0.378 e. The first kappa shape index (κ1) is 17.4. The zero-order valence-electron chi connectivity index (χ0n) is 15.7. The molecule has 0 saturated carbocycles. The van der Waals surface area contributed by atoms with Gasteiger partial charge in [-0.25, -0.2) is 0 Å². The summed E-state index contributed by atoms with van der Waals surface area (Å²) >= 11 is 0. The lowest BCUT2D eigenvalue weighted by Gasteiger charge is -2.48. The van der Waals surface area contributed by atoms with Crippen molar-refractivity contribution in [3.05, 3.63) is 65.9 Å². The van der Waals surface area contributed by atoms with Gasteiger partial charge in [0.05, 0.1) is 18.7 Å². The molecular weight excluding hydrogens is 352 g/mol. The lowest BCUT2D eigenvalue weighted by atomic mass is 9.89. The Morgan fingerprint density at radius 1 is 1.07 bits per heavy atom. The highest BCUT2D eigenvalue weighted by atomic mass is 16.5. The fourth-order valence-corrected chi connectivity index (χ4v) is 4.55. The first-order valence-corrected chi connectivity index (χ1v) is 9.89. The summed E-state index contributed by atoms with van der Waals surface area (Å²) in [5, 5.41) is 11.3. The molecule has 0 radical (unpaired) electrons. The Labute approximate surface area is 163 Å². The monoisotopic (exact) mass is 376 g/mol. The van der Waals surface area contributed by atoms with Gasteiger partial charge < -0.3 is 10.1 Å². The number of H-pyrrole nitrogens is 1. The highest BCUT2D eigenvalue weighted by Crippen LogP contribution is 2.29. The highest BCUT2D eigenvalue weighted by Gasteiger charge is 2.39. The molecule has 2 bridgehead atoms. The molecule has 3 aromatic rings. The third kappa shape index (κ3) is 3.30.